The first kappa shape index (κ1) is 28.0. The highest BCUT2D eigenvalue weighted by Crippen LogP contribution is 2.46. The third-order valence-electron chi connectivity index (χ3n) is 5.52. The number of para-hydroxylation sites is 1. The number of benzene rings is 1. The molecule has 12 nitrogen and oxygen atoms in total. The van der Waals surface area contributed by atoms with Crippen LogP contribution in [0.5, 0.6) is 5.75 Å². The average Bonchev–Trinajstić information content (AvgIpc) is 3.01. The lowest BCUT2D eigenvalue weighted by molar-refractivity contribution is -0.149. The highest BCUT2D eigenvalue weighted by atomic mass is 31.2. The maximum Gasteiger partial charge on any atom is 0.459 e. The second kappa shape index (κ2) is 11.2. The highest BCUT2D eigenvalue weighted by Gasteiger charge is 2.58. The minimum atomic E-state index is -4.29. The Morgan fingerprint density at radius 3 is 2.61 bits per heavy atom. The molecule has 36 heavy (non-hydrogen) atoms. The number of carbonyl (C=O) groups is 3. The molecule has 4 unspecified atom stereocenters. The number of hydrogen-bond donors (Lipinski definition) is 3. The zero-order valence-corrected chi connectivity index (χ0v) is 21.3. The molecule has 0 radical (unpaired) electrons. The van der Waals surface area contributed by atoms with E-state index in [1.807, 2.05) is 0 Å². The smallest absolute Gasteiger partial charge is 0.459 e. The second-order valence-corrected chi connectivity index (χ2v) is 10.6. The number of imide groups is 1. The molecule has 2 aliphatic heterocycles. The predicted molar refractivity (Wildman–Crippen MR) is 123 cm³/mol. The van der Waals surface area contributed by atoms with Crippen molar-refractivity contribution >= 4 is 25.7 Å². The summed E-state index contributed by atoms with van der Waals surface area (Å²) in [6.07, 6.45) is -5.14. The Labute approximate surface area is 208 Å². The molecule has 3 rings (SSSR count). The molecule has 1 aromatic rings. The molecule has 0 aromatic heterocycles. The summed E-state index contributed by atoms with van der Waals surface area (Å²) < 4.78 is 50.7. The maximum absolute atomic E-state index is 15.5. The summed E-state index contributed by atoms with van der Waals surface area (Å²) in [5.41, 5.74) is -2.43. The molecule has 200 valence electrons. The SMILES string of the molecule is CC(C)OC(=O)C(C)N[P@](=O)(OCC1OC(N2CCC(=O)NC2=O)[C@](C)(F)C1O)Oc1ccccc1. The van der Waals surface area contributed by atoms with Gasteiger partial charge in [-0.05, 0) is 39.8 Å². The van der Waals surface area contributed by atoms with Crippen LogP contribution in [0.15, 0.2) is 30.3 Å². The molecule has 0 saturated carbocycles. The first-order valence-corrected chi connectivity index (χ1v) is 13.0. The van der Waals surface area contributed by atoms with Gasteiger partial charge in [-0.3, -0.25) is 24.3 Å². The van der Waals surface area contributed by atoms with E-state index in [4.69, 9.17) is 18.5 Å². The first-order valence-electron chi connectivity index (χ1n) is 11.4. The molecule has 2 heterocycles. The van der Waals surface area contributed by atoms with E-state index >= 15 is 4.39 Å². The maximum atomic E-state index is 15.5. The fraction of sp³-hybridized carbons (Fsp3) is 0.591. The van der Waals surface area contributed by atoms with E-state index in [9.17, 15) is 24.1 Å². The number of hydrogen-bond acceptors (Lipinski definition) is 9. The van der Waals surface area contributed by atoms with Gasteiger partial charge < -0.3 is 19.1 Å². The number of nitrogens with one attached hydrogen (secondary N) is 2. The van der Waals surface area contributed by atoms with E-state index in [1.54, 1.807) is 32.0 Å². The van der Waals surface area contributed by atoms with E-state index in [2.05, 4.69) is 10.4 Å². The van der Waals surface area contributed by atoms with E-state index in [0.29, 0.717) is 0 Å². The number of aliphatic hydroxyl groups excluding tert-OH is 1. The van der Waals surface area contributed by atoms with Crippen LogP contribution in [0.1, 0.15) is 34.1 Å². The van der Waals surface area contributed by atoms with Gasteiger partial charge in [-0.25, -0.2) is 13.8 Å². The molecule has 0 aliphatic carbocycles. The van der Waals surface area contributed by atoms with Gasteiger partial charge in [0.1, 0.15) is 24.0 Å². The van der Waals surface area contributed by atoms with Crippen LogP contribution in [0.25, 0.3) is 0 Å². The van der Waals surface area contributed by atoms with Crippen LogP contribution in [0.2, 0.25) is 0 Å². The molecule has 14 heteroatoms. The quantitative estimate of drug-likeness (QED) is 0.301. The van der Waals surface area contributed by atoms with E-state index < -0.39 is 68.5 Å². The fourth-order valence-electron chi connectivity index (χ4n) is 3.70. The zero-order valence-electron chi connectivity index (χ0n) is 20.4. The summed E-state index contributed by atoms with van der Waals surface area (Å²) in [6, 6.07) is 6.04. The van der Waals surface area contributed by atoms with Gasteiger partial charge in [0.2, 0.25) is 5.91 Å². The molecule has 2 saturated heterocycles. The summed E-state index contributed by atoms with van der Waals surface area (Å²) >= 11 is 0. The molecule has 6 atom stereocenters. The van der Waals surface area contributed by atoms with Crippen LogP contribution in [-0.4, -0.2) is 77.3 Å². The van der Waals surface area contributed by atoms with Crippen LogP contribution in [0, 0.1) is 0 Å². The molecule has 1 aromatic carbocycles. The molecule has 2 aliphatic rings. The lowest BCUT2D eigenvalue weighted by atomic mass is 9.97. The van der Waals surface area contributed by atoms with E-state index in [0.717, 1.165) is 11.8 Å². The minimum Gasteiger partial charge on any atom is -0.462 e. The number of aliphatic hydroxyl groups is 1. The van der Waals surface area contributed by atoms with Gasteiger partial charge in [-0.2, -0.15) is 5.09 Å². The summed E-state index contributed by atoms with van der Waals surface area (Å²) in [7, 11) is -4.29. The Morgan fingerprint density at radius 2 is 2.00 bits per heavy atom. The fourth-order valence-corrected chi connectivity index (χ4v) is 5.20. The van der Waals surface area contributed by atoms with E-state index in [1.165, 1.54) is 19.1 Å². The molecular formula is C22H31FN3O9P. The van der Waals surface area contributed by atoms with Crippen molar-refractivity contribution < 1.29 is 47.0 Å². The van der Waals surface area contributed by atoms with Crippen LogP contribution in [0.3, 0.4) is 0 Å². The molecular weight excluding hydrogens is 500 g/mol. The number of halogens is 1. The average molecular weight is 531 g/mol. The predicted octanol–water partition coefficient (Wildman–Crippen LogP) is 1.88. The Bertz CT molecular complexity index is 1010. The standard InChI is InChI=1S/C22H31FN3O9P/c1-13(2)33-19(29)14(3)25-36(31,35-15-8-6-5-7-9-15)32-12-16-18(28)22(4,23)20(34-16)26-11-10-17(27)24-21(26)30/h5-9,13-14,16,18,20,28H,10-12H2,1-4H3,(H,25,31)(H,24,27,30)/t14?,16?,18?,20?,22-,36+/m1/s1. The number of carbonyl (C=O) groups excluding carboxylic acids is 3. The van der Waals surface area contributed by atoms with Gasteiger partial charge in [0.25, 0.3) is 0 Å². The molecule has 0 spiro atoms. The summed E-state index contributed by atoms with van der Waals surface area (Å²) in [5, 5.41) is 15.1. The number of nitrogens with zero attached hydrogens (tertiary/aromatic N) is 1. The van der Waals surface area contributed by atoms with Crippen molar-refractivity contribution in [3.05, 3.63) is 30.3 Å². The minimum absolute atomic E-state index is 0.0622. The summed E-state index contributed by atoms with van der Waals surface area (Å²) in [6.45, 7) is 5.04. The van der Waals surface area contributed by atoms with Crippen LogP contribution in [-0.2, 0) is 28.2 Å². The monoisotopic (exact) mass is 531 g/mol. The number of urea groups is 1. The number of alkyl halides is 1. The van der Waals surface area contributed by atoms with Crippen molar-refractivity contribution in [3.8, 4) is 5.75 Å². The molecule has 0 bridgehead atoms. The second-order valence-electron chi connectivity index (χ2n) is 8.95. The topological polar surface area (TPSA) is 153 Å². The van der Waals surface area contributed by atoms with Crippen LogP contribution in [0.4, 0.5) is 9.18 Å². The van der Waals surface area contributed by atoms with Gasteiger partial charge in [0.15, 0.2) is 11.9 Å². The molecule has 3 amide bonds. The summed E-state index contributed by atoms with van der Waals surface area (Å²) in [4.78, 5) is 36.8. The Hall–Kier alpha value is -2.57. The largest absolute Gasteiger partial charge is 0.462 e. The zero-order chi connectivity index (χ0) is 26.7. The Kier molecular flexibility index (Phi) is 8.73. The normalized spacial score (nSPS) is 29.0. The van der Waals surface area contributed by atoms with Crippen LogP contribution < -0.4 is 14.9 Å². The van der Waals surface area contributed by atoms with Gasteiger partial charge in [0.05, 0.1) is 12.7 Å². The lowest BCUT2D eigenvalue weighted by Gasteiger charge is -2.35. The van der Waals surface area contributed by atoms with Crippen molar-refractivity contribution in [3.63, 3.8) is 0 Å². The van der Waals surface area contributed by atoms with Crippen molar-refractivity contribution in [1.82, 2.24) is 15.3 Å². The van der Waals surface area contributed by atoms with Crippen molar-refractivity contribution in [2.75, 3.05) is 13.2 Å². The van der Waals surface area contributed by atoms with Crippen molar-refractivity contribution in [1.29, 1.82) is 0 Å². The van der Waals surface area contributed by atoms with Crippen molar-refractivity contribution in [2.24, 2.45) is 0 Å². The van der Waals surface area contributed by atoms with Crippen molar-refractivity contribution in [2.45, 2.75) is 70.4 Å². The molecule has 3 N–H and O–H groups in total. The van der Waals surface area contributed by atoms with Gasteiger partial charge in [0, 0.05) is 13.0 Å². The number of esters is 1. The van der Waals surface area contributed by atoms with Gasteiger partial charge in [-0.15, -0.1) is 0 Å². The van der Waals surface area contributed by atoms with E-state index in [-0.39, 0.29) is 18.7 Å². The first-order chi connectivity index (χ1) is 16.8. The third kappa shape index (κ3) is 6.60. The Morgan fingerprint density at radius 1 is 1.33 bits per heavy atom. The highest BCUT2D eigenvalue weighted by molar-refractivity contribution is 7.52. The number of ether oxygens (including phenoxy) is 2. The number of amides is 3. The van der Waals surface area contributed by atoms with Crippen LogP contribution >= 0.6 is 7.75 Å². The summed E-state index contributed by atoms with van der Waals surface area (Å²) in [5.74, 6) is -1.05. The van der Waals surface area contributed by atoms with Gasteiger partial charge in [-0.1, -0.05) is 18.2 Å². The van der Waals surface area contributed by atoms with Gasteiger partial charge >= 0.3 is 19.7 Å². The molecule has 2 fully saturated rings. The third-order valence-corrected chi connectivity index (χ3v) is 7.17. The lowest BCUT2D eigenvalue weighted by Crippen LogP contribution is -2.59. The number of rotatable bonds is 10. The Balaban J connectivity index is 1.74.